The number of piperidine rings is 2. The van der Waals surface area contributed by atoms with Crippen LogP contribution in [0.1, 0.15) is 69.5 Å². The molecule has 0 spiro atoms. The van der Waals surface area contributed by atoms with Crippen molar-refractivity contribution >= 4 is 29.3 Å². The molecule has 41 heavy (non-hydrogen) atoms. The Morgan fingerprint density at radius 2 is 1.88 bits per heavy atom. The quantitative estimate of drug-likeness (QED) is 0.463. The molecule has 3 saturated heterocycles. The van der Waals surface area contributed by atoms with Crippen molar-refractivity contribution in [1.29, 1.82) is 0 Å². The number of rotatable bonds is 7. The highest BCUT2D eigenvalue weighted by Crippen LogP contribution is 2.37. The summed E-state index contributed by atoms with van der Waals surface area (Å²) >= 11 is 6.52. The lowest BCUT2D eigenvalue weighted by molar-refractivity contribution is -0.146. The number of nitrogens with one attached hydrogen (secondary N) is 3. The molecule has 2 aromatic rings. The molecule has 0 radical (unpaired) electrons. The smallest absolute Gasteiger partial charge is 0.245 e. The van der Waals surface area contributed by atoms with Crippen LogP contribution in [0, 0.1) is 11.8 Å². The minimum atomic E-state index is -0.699. The van der Waals surface area contributed by atoms with Gasteiger partial charge >= 0.3 is 0 Å². The lowest BCUT2D eigenvalue weighted by Crippen LogP contribution is -2.63. The zero-order valence-corrected chi connectivity index (χ0v) is 25.0. The third-order valence-corrected chi connectivity index (χ3v) is 9.14. The van der Waals surface area contributed by atoms with Gasteiger partial charge < -0.3 is 20.5 Å². The molecule has 4 heterocycles. The number of nitrogens with zero attached hydrogens (tertiary/aromatic N) is 3. The van der Waals surface area contributed by atoms with Gasteiger partial charge in [0.05, 0.1) is 5.69 Å². The summed E-state index contributed by atoms with van der Waals surface area (Å²) in [6.45, 7) is 6.92. The summed E-state index contributed by atoms with van der Waals surface area (Å²) in [5.41, 5.74) is 1.95. The molecule has 0 unspecified atom stereocenters. The van der Waals surface area contributed by atoms with Crippen molar-refractivity contribution < 1.29 is 14.4 Å². The van der Waals surface area contributed by atoms with Crippen LogP contribution in [0.3, 0.4) is 0 Å². The number of likely N-dealkylation sites (tertiary alicyclic amines) is 1. The molecule has 5 atom stereocenters. The molecule has 3 N–H and O–H groups in total. The molecule has 0 saturated carbocycles. The summed E-state index contributed by atoms with van der Waals surface area (Å²) in [4.78, 5) is 52.4. The van der Waals surface area contributed by atoms with Crippen molar-refractivity contribution in [3.05, 3.63) is 52.6 Å². The number of carbonyl (C=O) groups is 3. The van der Waals surface area contributed by atoms with Crippen LogP contribution in [-0.2, 0) is 33.8 Å². The molecule has 3 fully saturated rings. The lowest BCUT2D eigenvalue weighted by Gasteiger charge is -2.51. The van der Waals surface area contributed by atoms with E-state index in [1.165, 1.54) is 0 Å². The minimum Gasteiger partial charge on any atom is -0.345 e. The monoisotopic (exact) mass is 582 g/mol. The molecule has 3 aliphatic heterocycles. The molecule has 0 aliphatic carbocycles. The molecule has 9 nitrogen and oxygen atoms in total. The van der Waals surface area contributed by atoms with Crippen molar-refractivity contribution in [2.75, 3.05) is 19.6 Å². The minimum absolute atomic E-state index is 0.0127. The Morgan fingerprint density at radius 1 is 1.07 bits per heavy atom. The van der Waals surface area contributed by atoms with Crippen molar-refractivity contribution in [3.63, 3.8) is 0 Å². The van der Waals surface area contributed by atoms with Crippen LogP contribution < -0.4 is 10.6 Å². The number of hydrogen-bond acceptors (Lipinski definition) is 5. The fourth-order valence-electron chi connectivity index (χ4n) is 6.83. The van der Waals surface area contributed by atoms with Crippen LogP contribution in [0.5, 0.6) is 0 Å². The first kappa shape index (κ1) is 29.6. The molecule has 3 amide bonds. The maximum absolute atomic E-state index is 14.2. The van der Waals surface area contributed by atoms with Crippen LogP contribution in [0.4, 0.5) is 0 Å². The highest BCUT2D eigenvalue weighted by Gasteiger charge is 2.44. The Hall–Kier alpha value is -2.91. The van der Waals surface area contributed by atoms with Gasteiger partial charge in [-0.2, -0.15) is 0 Å². The largest absolute Gasteiger partial charge is 0.345 e. The Labute approximate surface area is 247 Å². The fraction of sp³-hybridized carbons (Fsp3) is 0.613. The van der Waals surface area contributed by atoms with Gasteiger partial charge in [0.1, 0.15) is 17.9 Å². The number of hydrogen-bond donors (Lipinski definition) is 3. The van der Waals surface area contributed by atoms with Gasteiger partial charge in [0.2, 0.25) is 17.7 Å². The van der Waals surface area contributed by atoms with Gasteiger partial charge in [-0.1, -0.05) is 55.3 Å². The van der Waals surface area contributed by atoms with E-state index in [0.29, 0.717) is 43.4 Å². The van der Waals surface area contributed by atoms with Gasteiger partial charge in [0, 0.05) is 51.5 Å². The van der Waals surface area contributed by atoms with Crippen LogP contribution in [-0.4, -0.2) is 75.2 Å². The first-order chi connectivity index (χ1) is 19.8. The molecular formula is C31H43ClN6O3. The van der Waals surface area contributed by atoms with Crippen LogP contribution in [0.25, 0.3) is 0 Å². The molecule has 1 aromatic heterocycles. The number of aryl methyl sites for hydroxylation is 1. The average molecular weight is 583 g/mol. The Morgan fingerprint density at radius 3 is 2.66 bits per heavy atom. The summed E-state index contributed by atoms with van der Waals surface area (Å²) in [6.07, 6.45) is 6.32. The molecule has 10 heteroatoms. The van der Waals surface area contributed by atoms with E-state index in [4.69, 9.17) is 11.6 Å². The summed E-state index contributed by atoms with van der Waals surface area (Å²) in [6, 6.07) is 8.42. The van der Waals surface area contributed by atoms with E-state index in [9.17, 15) is 14.4 Å². The molecule has 222 valence electrons. The number of imidazole rings is 1. The maximum Gasteiger partial charge on any atom is 0.245 e. The predicted molar refractivity (Wildman–Crippen MR) is 158 cm³/mol. The lowest BCUT2D eigenvalue weighted by atomic mass is 9.77. The van der Waals surface area contributed by atoms with Crippen molar-refractivity contribution in [1.82, 2.24) is 30.4 Å². The summed E-state index contributed by atoms with van der Waals surface area (Å²) in [5, 5.41) is 6.35. The number of amides is 3. The van der Waals surface area contributed by atoms with Crippen LogP contribution >= 0.6 is 11.6 Å². The number of aromatic nitrogens is 2. The standard InChI is InChI=1S/C31H43ClN6O3/c1-3-4-12-27-34-25(29(32)36-27)19-37-16-22-14-23(18-37)26-11-8-13-28(39)33-20(2)30(40)35-24(31(41)38(26)17-22)15-21-9-6-5-7-10-21/h5-7,9-10,20,22-24,26H,3-4,8,11-19H2,1-2H3,(H,33,39)(H,34,36)(H,35,40)/t20-,22+,23-,24+,26+/m1/s1. The topological polar surface area (TPSA) is 110 Å². The predicted octanol–water partition coefficient (Wildman–Crippen LogP) is 3.47. The Balaban J connectivity index is 1.36. The number of fused-ring (bicyclic) bond motifs is 4. The summed E-state index contributed by atoms with van der Waals surface area (Å²) < 4.78 is 0. The molecular weight excluding hydrogens is 540 g/mol. The van der Waals surface area contributed by atoms with Gasteiger partial charge in [-0.3, -0.25) is 19.3 Å². The van der Waals surface area contributed by atoms with Gasteiger partial charge in [-0.25, -0.2) is 4.98 Å². The van der Waals surface area contributed by atoms with Crippen molar-refractivity contribution in [2.24, 2.45) is 11.8 Å². The van der Waals surface area contributed by atoms with Gasteiger partial charge in [0.25, 0.3) is 0 Å². The highest BCUT2D eigenvalue weighted by atomic mass is 35.5. The number of unbranched alkanes of at least 4 members (excludes halogenated alkanes) is 1. The van der Waals surface area contributed by atoms with E-state index >= 15 is 0 Å². The SMILES string of the molecule is CCCCc1nc(Cl)c(CN2C[C@@H]3C[C@H](C2)[C@@H]2CCCC(=O)N[C@H](C)C(=O)N[C@@H](Cc4ccccc4)C(=O)N2C3)[nH]1. The van der Waals surface area contributed by atoms with E-state index < -0.39 is 12.1 Å². The number of carbonyl (C=O) groups excluding carboxylic acids is 3. The zero-order chi connectivity index (χ0) is 28.9. The number of benzene rings is 1. The maximum atomic E-state index is 14.2. The van der Waals surface area contributed by atoms with E-state index in [-0.39, 0.29) is 29.7 Å². The summed E-state index contributed by atoms with van der Waals surface area (Å²) in [7, 11) is 0. The molecule has 5 rings (SSSR count). The van der Waals surface area contributed by atoms with Crippen molar-refractivity contribution in [3.8, 4) is 0 Å². The second-order valence-electron chi connectivity index (χ2n) is 12.1. The third kappa shape index (κ3) is 7.30. The first-order valence-electron chi connectivity index (χ1n) is 15.2. The van der Waals surface area contributed by atoms with Crippen LogP contribution in [0.2, 0.25) is 5.15 Å². The van der Waals surface area contributed by atoms with E-state index in [2.05, 4.69) is 32.4 Å². The van der Waals surface area contributed by atoms with Crippen LogP contribution in [0.15, 0.2) is 30.3 Å². The fourth-order valence-corrected chi connectivity index (χ4v) is 7.04. The number of aromatic amines is 1. The second kappa shape index (κ2) is 13.4. The van der Waals surface area contributed by atoms with Gasteiger partial charge in [0.15, 0.2) is 5.15 Å². The highest BCUT2D eigenvalue weighted by molar-refractivity contribution is 6.30. The second-order valence-corrected chi connectivity index (χ2v) is 12.5. The van der Waals surface area contributed by atoms with E-state index in [1.54, 1.807) is 6.92 Å². The normalized spacial score (nSPS) is 27.8. The molecule has 1 aromatic carbocycles. The average Bonchev–Trinajstić information content (AvgIpc) is 3.30. The van der Waals surface area contributed by atoms with Gasteiger partial charge in [-0.05, 0) is 50.0 Å². The number of H-pyrrole nitrogens is 1. The Bertz CT molecular complexity index is 1220. The molecule has 2 bridgehead atoms. The summed E-state index contributed by atoms with van der Waals surface area (Å²) in [5.74, 6) is 1.08. The third-order valence-electron chi connectivity index (χ3n) is 8.83. The zero-order valence-electron chi connectivity index (χ0n) is 24.2. The van der Waals surface area contributed by atoms with Gasteiger partial charge in [-0.15, -0.1) is 0 Å². The van der Waals surface area contributed by atoms with E-state index in [1.807, 2.05) is 35.2 Å². The number of halogens is 1. The first-order valence-corrected chi connectivity index (χ1v) is 15.6. The Kier molecular flexibility index (Phi) is 9.65. The van der Waals surface area contributed by atoms with Crippen molar-refractivity contribution in [2.45, 2.75) is 89.9 Å². The van der Waals surface area contributed by atoms with E-state index in [0.717, 1.165) is 62.3 Å². The molecule has 3 aliphatic rings.